The highest BCUT2D eigenvalue weighted by Crippen LogP contribution is 2.26. The summed E-state index contributed by atoms with van der Waals surface area (Å²) in [6.07, 6.45) is 1.28. The van der Waals surface area contributed by atoms with E-state index in [1.54, 1.807) is 6.92 Å². The largest absolute Gasteiger partial charge is 0.379 e. The van der Waals surface area contributed by atoms with Gasteiger partial charge in [0.1, 0.15) is 6.04 Å². The van der Waals surface area contributed by atoms with Gasteiger partial charge < -0.3 is 15.4 Å². The van der Waals surface area contributed by atoms with E-state index < -0.39 is 6.04 Å². The summed E-state index contributed by atoms with van der Waals surface area (Å²) in [6, 6.07) is 18.6. The standard InChI is InChI=1S/C33H37N5O4/c1-21-16-29-31(17-22(21)2)38(32(40)19-34-29)23(3)33(41)36-30(20-37-12-14-42-15-13-37)26-10-8-25(9-11-26)27-6-5-7-28(18-27)35-24(4)39/h5-11,16-19,23,30H,12-15,20H2,1-4H3,(H,35,39)(H,36,41). The quantitative estimate of drug-likeness (QED) is 0.327. The monoisotopic (exact) mass is 567 g/mol. The zero-order chi connectivity index (χ0) is 29.8. The van der Waals surface area contributed by atoms with Crippen LogP contribution in [0.2, 0.25) is 0 Å². The number of morpholine rings is 1. The summed E-state index contributed by atoms with van der Waals surface area (Å²) in [5.41, 5.74) is 6.79. The highest BCUT2D eigenvalue weighted by atomic mass is 16.5. The number of rotatable bonds is 8. The minimum atomic E-state index is -0.743. The summed E-state index contributed by atoms with van der Waals surface area (Å²) < 4.78 is 7.06. The van der Waals surface area contributed by atoms with Crippen molar-refractivity contribution < 1.29 is 14.3 Å². The third kappa shape index (κ3) is 6.58. The number of amides is 2. The third-order valence-electron chi connectivity index (χ3n) is 7.86. The molecule has 2 atom stereocenters. The Balaban J connectivity index is 1.42. The molecule has 9 heteroatoms. The van der Waals surface area contributed by atoms with Crippen molar-refractivity contribution in [2.75, 3.05) is 38.2 Å². The highest BCUT2D eigenvalue weighted by molar-refractivity contribution is 5.89. The number of benzene rings is 3. The summed E-state index contributed by atoms with van der Waals surface area (Å²) in [5, 5.41) is 6.06. The molecule has 0 radical (unpaired) electrons. The molecule has 0 saturated carbocycles. The second-order valence-corrected chi connectivity index (χ2v) is 10.9. The molecule has 0 aliphatic carbocycles. The number of carbonyl (C=O) groups excluding carboxylic acids is 2. The van der Waals surface area contributed by atoms with Gasteiger partial charge in [-0.25, -0.2) is 4.98 Å². The normalized spacial score (nSPS) is 15.2. The molecule has 2 amide bonds. The molecule has 1 fully saturated rings. The highest BCUT2D eigenvalue weighted by Gasteiger charge is 2.25. The van der Waals surface area contributed by atoms with Crippen LogP contribution in [0.15, 0.2) is 71.7 Å². The molecule has 3 aromatic carbocycles. The van der Waals surface area contributed by atoms with Crippen molar-refractivity contribution in [1.29, 1.82) is 0 Å². The lowest BCUT2D eigenvalue weighted by Crippen LogP contribution is -2.45. The van der Waals surface area contributed by atoms with Crippen LogP contribution in [0.4, 0.5) is 5.69 Å². The molecule has 1 aliphatic rings. The molecule has 218 valence electrons. The summed E-state index contributed by atoms with van der Waals surface area (Å²) in [7, 11) is 0. The van der Waals surface area contributed by atoms with E-state index in [9.17, 15) is 14.4 Å². The second-order valence-electron chi connectivity index (χ2n) is 10.9. The van der Waals surface area contributed by atoms with E-state index in [1.807, 2.05) is 74.5 Å². The van der Waals surface area contributed by atoms with Crippen LogP contribution < -0.4 is 16.2 Å². The Morgan fingerprint density at radius 3 is 2.40 bits per heavy atom. The summed E-state index contributed by atoms with van der Waals surface area (Å²) in [4.78, 5) is 44.8. The molecule has 5 rings (SSSR count). The molecule has 1 saturated heterocycles. The Morgan fingerprint density at radius 2 is 1.69 bits per heavy atom. The molecule has 0 bridgehead atoms. The van der Waals surface area contributed by atoms with Crippen LogP contribution >= 0.6 is 0 Å². The van der Waals surface area contributed by atoms with Crippen molar-refractivity contribution in [2.45, 2.75) is 39.8 Å². The smallest absolute Gasteiger partial charge is 0.270 e. The molecule has 2 unspecified atom stereocenters. The van der Waals surface area contributed by atoms with Gasteiger partial charge in [-0.1, -0.05) is 36.4 Å². The SMILES string of the molecule is CC(=O)Nc1cccc(-c2ccc(C(CN3CCOCC3)NC(=O)C(C)n3c(=O)cnc4cc(C)c(C)cc43)cc2)c1. The molecule has 0 spiro atoms. The van der Waals surface area contributed by atoms with Crippen molar-refractivity contribution in [1.82, 2.24) is 19.8 Å². The minimum Gasteiger partial charge on any atom is -0.379 e. The average molecular weight is 568 g/mol. The Morgan fingerprint density at radius 1 is 0.976 bits per heavy atom. The number of fused-ring (bicyclic) bond motifs is 1. The van der Waals surface area contributed by atoms with Gasteiger partial charge in [0.2, 0.25) is 11.8 Å². The van der Waals surface area contributed by atoms with Gasteiger partial charge in [-0.15, -0.1) is 0 Å². The predicted molar refractivity (Wildman–Crippen MR) is 165 cm³/mol. The van der Waals surface area contributed by atoms with E-state index >= 15 is 0 Å². The van der Waals surface area contributed by atoms with Gasteiger partial charge in [0.05, 0.1) is 36.5 Å². The van der Waals surface area contributed by atoms with Crippen LogP contribution in [0.25, 0.3) is 22.2 Å². The van der Waals surface area contributed by atoms with Crippen molar-refractivity contribution in [2.24, 2.45) is 0 Å². The molecule has 1 aromatic heterocycles. The maximum atomic E-state index is 13.8. The zero-order valence-electron chi connectivity index (χ0n) is 24.5. The Kier molecular flexibility index (Phi) is 8.80. The zero-order valence-corrected chi connectivity index (χ0v) is 24.5. The average Bonchev–Trinajstić information content (AvgIpc) is 2.98. The Hall–Kier alpha value is -4.34. The Bertz CT molecular complexity index is 1660. The molecule has 4 aromatic rings. The lowest BCUT2D eigenvalue weighted by atomic mass is 9.99. The number of hydrogen-bond acceptors (Lipinski definition) is 6. The first-order valence-corrected chi connectivity index (χ1v) is 14.3. The fraction of sp³-hybridized carbons (Fsp3) is 0.333. The Labute approximate surface area is 245 Å². The van der Waals surface area contributed by atoms with Gasteiger partial charge in [-0.3, -0.25) is 23.9 Å². The lowest BCUT2D eigenvalue weighted by Gasteiger charge is -2.32. The van der Waals surface area contributed by atoms with Gasteiger partial charge in [0.15, 0.2) is 0 Å². The number of aromatic nitrogens is 2. The first kappa shape index (κ1) is 29.2. The number of carbonyl (C=O) groups is 2. The van der Waals surface area contributed by atoms with Crippen LogP contribution in [0.5, 0.6) is 0 Å². The maximum Gasteiger partial charge on any atom is 0.270 e. The second kappa shape index (κ2) is 12.7. The first-order chi connectivity index (χ1) is 20.2. The minimum absolute atomic E-state index is 0.120. The maximum absolute atomic E-state index is 13.8. The van der Waals surface area contributed by atoms with E-state index in [-0.39, 0.29) is 23.4 Å². The van der Waals surface area contributed by atoms with Gasteiger partial charge in [-0.2, -0.15) is 0 Å². The van der Waals surface area contributed by atoms with Crippen LogP contribution in [0, 0.1) is 13.8 Å². The molecular weight excluding hydrogens is 530 g/mol. The molecule has 2 heterocycles. The van der Waals surface area contributed by atoms with Crippen LogP contribution in [-0.2, 0) is 14.3 Å². The molecule has 2 N–H and O–H groups in total. The lowest BCUT2D eigenvalue weighted by molar-refractivity contribution is -0.124. The van der Waals surface area contributed by atoms with E-state index in [4.69, 9.17) is 4.74 Å². The van der Waals surface area contributed by atoms with E-state index in [2.05, 4.69) is 20.5 Å². The van der Waals surface area contributed by atoms with Crippen molar-refractivity contribution in [3.05, 3.63) is 93.9 Å². The third-order valence-corrected chi connectivity index (χ3v) is 7.86. The van der Waals surface area contributed by atoms with Gasteiger partial charge >= 0.3 is 0 Å². The number of ether oxygens (including phenoxy) is 1. The van der Waals surface area contributed by atoms with Crippen LogP contribution in [0.3, 0.4) is 0 Å². The number of nitrogens with zero attached hydrogens (tertiary/aromatic N) is 3. The fourth-order valence-corrected chi connectivity index (χ4v) is 5.36. The van der Waals surface area contributed by atoms with E-state index in [1.165, 1.54) is 17.7 Å². The van der Waals surface area contributed by atoms with E-state index in [0.717, 1.165) is 46.6 Å². The van der Waals surface area contributed by atoms with Crippen molar-refractivity contribution in [3.63, 3.8) is 0 Å². The van der Waals surface area contributed by atoms with Gasteiger partial charge in [0, 0.05) is 32.2 Å². The number of nitrogens with one attached hydrogen (secondary N) is 2. The van der Waals surface area contributed by atoms with Gasteiger partial charge in [0.25, 0.3) is 5.56 Å². The van der Waals surface area contributed by atoms with Crippen molar-refractivity contribution >= 4 is 28.5 Å². The predicted octanol–water partition coefficient (Wildman–Crippen LogP) is 4.39. The number of hydrogen-bond donors (Lipinski definition) is 2. The fourth-order valence-electron chi connectivity index (χ4n) is 5.36. The van der Waals surface area contributed by atoms with Crippen molar-refractivity contribution in [3.8, 4) is 11.1 Å². The van der Waals surface area contributed by atoms with Crippen LogP contribution in [0.1, 0.15) is 42.6 Å². The number of anilines is 1. The first-order valence-electron chi connectivity index (χ1n) is 14.3. The molecule has 9 nitrogen and oxygen atoms in total. The van der Waals surface area contributed by atoms with E-state index in [0.29, 0.717) is 30.8 Å². The summed E-state index contributed by atoms with van der Waals surface area (Å²) in [6.45, 7) is 10.7. The van der Waals surface area contributed by atoms with Crippen LogP contribution in [-0.4, -0.2) is 59.1 Å². The molecule has 1 aliphatic heterocycles. The topological polar surface area (TPSA) is 106 Å². The number of aryl methyl sites for hydroxylation is 2. The molecule has 42 heavy (non-hydrogen) atoms. The molecular formula is C33H37N5O4. The van der Waals surface area contributed by atoms with Gasteiger partial charge in [-0.05, 0) is 72.9 Å². The summed E-state index contributed by atoms with van der Waals surface area (Å²) in [5.74, 6) is -0.362. The summed E-state index contributed by atoms with van der Waals surface area (Å²) >= 11 is 0.